The van der Waals surface area contributed by atoms with Crippen LogP contribution in [0.15, 0.2) is 17.6 Å². The number of imide groups is 1. The standard InChI is InChI=1S/C12H16N4O4S2/c1-14-6-10(13-8-14)22(19,20)15-4-2-9(3-5-15)16-11(17)7-21-12(16)18/h6,8-9H,2-5,7H2,1H3. The fraction of sp³-hybridized carbons (Fsp3) is 0.583. The van der Waals surface area contributed by atoms with E-state index in [1.807, 2.05) is 0 Å². The zero-order valence-electron chi connectivity index (χ0n) is 12.0. The number of imidazole rings is 1. The lowest BCUT2D eigenvalue weighted by atomic mass is 10.1. The molecule has 1 aromatic heterocycles. The summed E-state index contributed by atoms with van der Waals surface area (Å²) in [5, 5.41) is -0.201. The van der Waals surface area contributed by atoms with Crippen molar-refractivity contribution in [1.82, 2.24) is 18.8 Å². The first-order valence-corrected chi connectivity index (χ1v) is 9.29. The van der Waals surface area contributed by atoms with Gasteiger partial charge < -0.3 is 4.57 Å². The average Bonchev–Trinajstić information content (AvgIpc) is 3.06. The van der Waals surface area contributed by atoms with E-state index in [9.17, 15) is 18.0 Å². The Hall–Kier alpha value is -1.39. The highest BCUT2D eigenvalue weighted by molar-refractivity contribution is 8.14. The molecule has 0 unspecified atom stereocenters. The number of piperidine rings is 1. The first-order chi connectivity index (χ1) is 10.4. The molecule has 0 radical (unpaired) electrons. The molecule has 0 N–H and O–H groups in total. The molecule has 3 rings (SSSR count). The van der Waals surface area contributed by atoms with E-state index >= 15 is 0 Å². The van der Waals surface area contributed by atoms with E-state index in [0.29, 0.717) is 12.8 Å². The molecule has 22 heavy (non-hydrogen) atoms. The van der Waals surface area contributed by atoms with Crippen LogP contribution in [0.2, 0.25) is 0 Å². The van der Waals surface area contributed by atoms with Crippen LogP contribution in [-0.2, 0) is 21.9 Å². The van der Waals surface area contributed by atoms with Crippen LogP contribution >= 0.6 is 11.8 Å². The fourth-order valence-corrected chi connectivity index (χ4v) is 4.92. The fourth-order valence-electron chi connectivity index (χ4n) is 2.71. The van der Waals surface area contributed by atoms with E-state index < -0.39 is 10.0 Å². The molecule has 120 valence electrons. The number of sulfonamides is 1. The summed E-state index contributed by atoms with van der Waals surface area (Å²) in [5.74, 6) is 0.00620. The average molecular weight is 344 g/mol. The van der Waals surface area contributed by atoms with Gasteiger partial charge in [-0.05, 0) is 12.8 Å². The molecule has 10 heteroatoms. The Bertz CT molecular complexity index is 690. The number of hydrogen-bond acceptors (Lipinski definition) is 6. The Labute approximate surface area is 132 Å². The van der Waals surface area contributed by atoms with Gasteiger partial charge in [-0.1, -0.05) is 11.8 Å². The van der Waals surface area contributed by atoms with Crippen LogP contribution in [0.1, 0.15) is 12.8 Å². The molecule has 2 saturated heterocycles. The predicted octanol–water partition coefficient (Wildman–Crippen LogP) is 0.269. The van der Waals surface area contributed by atoms with Crippen LogP contribution in [-0.4, -0.2) is 63.2 Å². The zero-order chi connectivity index (χ0) is 15.9. The van der Waals surface area contributed by atoms with Gasteiger partial charge in [0.05, 0.1) is 12.1 Å². The van der Waals surface area contributed by atoms with Gasteiger partial charge in [-0.15, -0.1) is 0 Å². The SMILES string of the molecule is Cn1cnc(S(=O)(=O)N2CCC(N3C(=O)CSC3=O)CC2)c1. The molecule has 1 aromatic rings. The monoisotopic (exact) mass is 344 g/mol. The van der Waals surface area contributed by atoms with Crippen molar-refractivity contribution in [1.29, 1.82) is 0 Å². The molecular formula is C12H16N4O4S2. The van der Waals surface area contributed by atoms with Crippen LogP contribution in [0.5, 0.6) is 0 Å². The minimum atomic E-state index is -3.61. The van der Waals surface area contributed by atoms with E-state index in [-0.39, 0.29) is 41.1 Å². The largest absolute Gasteiger partial charge is 0.339 e. The van der Waals surface area contributed by atoms with Crippen LogP contribution in [0.3, 0.4) is 0 Å². The van der Waals surface area contributed by atoms with Gasteiger partial charge in [-0.2, -0.15) is 4.31 Å². The Morgan fingerprint density at radius 3 is 2.45 bits per heavy atom. The Kier molecular flexibility index (Phi) is 4.00. The van der Waals surface area contributed by atoms with Gasteiger partial charge >= 0.3 is 0 Å². The molecule has 3 heterocycles. The molecule has 2 aliphatic rings. The van der Waals surface area contributed by atoms with Gasteiger partial charge in [0.25, 0.3) is 15.3 Å². The number of hydrogen-bond donors (Lipinski definition) is 0. The molecule has 0 aromatic carbocycles. The van der Waals surface area contributed by atoms with E-state index in [1.54, 1.807) is 11.6 Å². The highest BCUT2D eigenvalue weighted by atomic mass is 32.2. The molecule has 0 atom stereocenters. The first-order valence-electron chi connectivity index (χ1n) is 6.86. The number of carbonyl (C=O) groups excluding carboxylic acids is 2. The lowest BCUT2D eigenvalue weighted by Crippen LogP contribution is -2.48. The van der Waals surface area contributed by atoms with Gasteiger partial charge in [0.1, 0.15) is 0 Å². The number of carbonyl (C=O) groups is 2. The third kappa shape index (κ3) is 2.66. The van der Waals surface area contributed by atoms with Crippen molar-refractivity contribution in [3.63, 3.8) is 0 Å². The maximum absolute atomic E-state index is 12.5. The number of aromatic nitrogens is 2. The lowest BCUT2D eigenvalue weighted by Gasteiger charge is -2.34. The summed E-state index contributed by atoms with van der Waals surface area (Å²) >= 11 is 1.01. The number of nitrogens with zero attached hydrogens (tertiary/aromatic N) is 4. The summed E-state index contributed by atoms with van der Waals surface area (Å²) in [6, 6.07) is -0.204. The summed E-state index contributed by atoms with van der Waals surface area (Å²) in [4.78, 5) is 28.6. The molecule has 2 aliphatic heterocycles. The molecule has 0 aliphatic carbocycles. The molecule has 2 amide bonds. The summed E-state index contributed by atoms with van der Waals surface area (Å²) < 4.78 is 27.9. The second-order valence-corrected chi connectivity index (χ2v) is 8.14. The summed E-state index contributed by atoms with van der Waals surface area (Å²) in [6.07, 6.45) is 3.83. The van der Waals surface area contributed by atoms with Crippen molar-refractivity contribution >= 4 is 32.9 Å². The van der Waals surface area contributed by atoms with E-state index in [1.165, 1.54) is 21.7 Å². The van der Waals surface area contributed by atoms with E-state index in [4.69, 9.17) is 0 Å². The number of amides is 2. The normalized spacial score (nSPS) is 21.8. The third-order valence-corrected chi connectivity index (χ3v) is 6.48. The Morgan fingerprint density at radius 2 is 1.95 bits per heavy atom. The molecule has 0 saturated carbocycles. The summed E-state index contributed by atoms with van der Waals surface area (Å²) in [6.45, 7) is 0.566. The topological polar surface area (TPSA) is 92.6 Å². The van der Waals surface area contributed by atoms with Gasteiger partial charge in [-0.3, -0.25) is 14.5 Å². The smallest absolute Gasteiger partial charge is 0.289 e. The van der Waals surface area contributed by atoms with Crippen LogP contribution < -0.4 is 0 Å². The van der Waals surface area contributed by atoms with Crippen LogP contribution in [0.25, 0.3) is 0 Å². The maximum Gasteiger partial charge on any atom is 0.289 e. The second kappa shape index (κ2) is 5.67. The van der Waals surface area contributed by atoms with Gasteiger partial charge in [0.2, 0.25) is 5.91 Å². The van der Waals surface area contributed by atoms with Crippen molar-refractivity contribution in [3.05, 3.63) is 12.5 Å². The highest BCUT2D eigenvalue weighted by Gasteiger charge is 2.39. The van der Waals surface area contributed by atoms with Gasteiger partial charge in [0, 0.05) is 32.4 Å². The first kappa shape index (κ1) is 15.5. The predicted molar refractivity (Wildman–Crippen MR) is 79.7 cm³/mol. The molecular weight excluding hydrogens is 328 g/mol. The van der Waals surface area contributed by atoms with Crippen molar-refractivity contribution in [2.45, 2.75) is 23.9 Å². The molecule has 2 fully saturated rings. The second-order valence-electron chi connectivity index (χ2n) is 5.33. The van der Waals surface area contributed by atoms with Crippen molar-refractivity contribution < 1.29 is 18.0 Å². The number of aryl methyl sites for hydroxylation is 1. The van der Waals surface area contributed by atoms with Crippen molar-refractivity contribution in [2.75, 3.05) is 18.8 Å². The minimum absolute atomic E-state index is 0.0253. The van der Waals surface area contributed by atoms with Crippen molar-refractivity contribution in [3.8, 4) is 0 Å². The Balaban J connectivity index is 1.69. The van der Waals surface area contributed by atoms with E-state index in [0.717, 1.165) is 11.8 Å². The lowest BCUT2D eigenvalue weighted by molar-refractivity contribution is -0.126. The zero-order valence-corrected chi connectivity index (χ0v) is 13.6. The van der Waals surface area contributed by atoms with Crippen molar-refractivity contribution in [2.24, 2.45) is 7.05 Å². The number of rotatable bonds is 3. The molecule has 8 nitrogen and oxygen atoms in total. The highest BCUT2D eigenvalue weighted by Crippen LogP contribution is 2.28. The minimum Gasteiger partial charge on any atom is -0.339 e. The van der Waals surface area contributed by atoms with E-state index in [2.05, 4.69) is 4.98 Å². The maximum atomic E-state index is 12.5. The molecule has 0 spiro atoms. The van der Waals surface area contributed by atoms with Gasteiger partial charge in [0.15, 0.2) is 5.03 Å². The van der Waals surface area contributed by atoms with Crippen LogP contribution in [0.4, 0.5) is 4.79 Å². The molecule has 0 bridgehead atoms. The third-order valence-electron chi connectivity index (χ3n) is 3.86. The van der Waals surface area contributed by atoms with Gasteiger partial charge in [-0.25, -0.2) is 13.4 Å². The summed E-state index contributed by atoms with van der Waals surface area (Å²) in [7, 11) is -1.90. The Morgan fingerprint density at radius 1 is 1.27 bits per heavy atom. The van der Waals surface area contributed by atoms with Crippen LogP contribution in [0, 0.1) is 0 Å². The number of thioether (sulfide) groups is 1. The summed E-state index contributed by atoms with van der Waals surface area (Å²) in [5.41, 5.74) is 0. The quantitative estimate of drug-likeness (QED) is 0.781.